The first-order valence-corrected chi connectivity index (χ1v) is 5.93. The summed E-state index contributed by atoms with van der Waals surface area (Å²) in [6.45, 7) is 2.13. The molecule has 4 heteroatoms. The minimum absolute atomic E-state index is 0.322. The largest absolute Gasteiger partial charge is 0.399 e. The van der Waals surface area contributed by atoms with Crippen LogP contribution in [0.3, 0.4) is 0 Å². The molecule has 0 radical (unpaired) electrons. The molecule has 0 bridgehead atoms. The molecule has 3 nitrogen and oxygen atoms in total. The summed E-state index contributed by atoms with van der Waals surface area (Å²) < 4.78 is 0. The van der Waals surface area contributed by atoms with E-state index in [4.69, 9.17) is 5.73 Å². The van der Waals surface area contributed by atoms with Gasteiger partial charge in [-0.25, -0.2) is 9.97 Å². The van der Waals surface area contributed by atoms with Crippen molar-refractivity contribution in [3.8, 4) is 0 Å². The van der Waals surface area contributed by atoms with E-state index in [0.717, 1.165) is 10.8 Å². The fourth-order valence-corrected chi connectivity index (χ4v) is 2.19. The number of nitrogens with two attached hydrogens (primary N) is 1. The maximum atomic E-state index is 5.65. The van der Waals surface area contributed by atoms with Gasteiger partial charge in [0.25, 0.3) is 0 Å². The van der Waals surface area contributed by atoms with E-state index in [-0.39, 0.29) is 0 Å². The normalized spacial score (nSPS) is 12.3. The number of thioether (sulfide) groups is 1. The van der Waals surface area contributed by atoms with E-state index in [0.29, 0.717) is 5.25 Å². The Bertz CT molecular complexity index is 442. The molecule has 2 N–H and O–H groups in total. The lowest BCUT2D eigenvalue weighted by Gasteiger charge is -2.10. The fraction of sp³-hybridized carbons (Fsp3) is 0.167. The molecular formula is C12H13N3S. The zero-order valence-corrected chi connectivity index (χ0v) is 9.82. The molecule has 1 heterocycles. The van der Waals surface area contributed by atoms with Crippen LogP contribution in [-0.4, -0.2) is 9.97 Å². The van der Waals surface area contributed by atoms with Crippen molar-refractivity contribution in [2.45, 2.75) is 17.3 Å². The highest BCUT2D eigenvalue weighted by Crippen LogP contribution is 2.32. The first-order chi connectivity index (χ1) is 7.75. The molecule has 1 aromatic carbocycles. The molecule has 2 aromatic rings. The Balaban J connectivity index is 2.09. The third kappa shape index (κ3) is 2.73. The summed E-state index contributed by atoms with van der Waals surface area (Å²) >= 11 is 1.64. The second kappa shape index (κ2) is 4.99. The lowest BCUT2D eigenvalue weighted by Crippen LogP contribution is -1.92. The molecule has 82 valence electrons. The molecule has 0 aliphatic heterocycles. The highest BCUT2D eigenvalue weighted by atomic mass is 32.2. The number of hydrogen-bond acceptors (Lipinski definition) is 4. The zero-order valence-electron chi connectivity index (χ0n) is 9.00. The first kappa shape index (κ1) is 11.0. The molecule has 0 aliphatic carbocycles. The van der Waals surface area contributed by atoms with Crippen LogP contribution in [-0.2, 0) is 0 Å². The third-order valence-corrected chi connectivity index (χ3v) is 3.28. The lowest BCUT2D eigenvalue weighted by molar-refractivity contribution is 0.952. The summed E-state index contributed by atoms with van der Waals surface area (Å²) in [7, 11) is 0. The second-order valence-electron chi connectivity index (χ2n) is 3.46. The van der Waals surface area contributed by atoms with Crippen LogP contribution in [0.25, 0.3) is 0 Å². The highest BCUT2D eigenvalue weighted by molar-refractivity contribution is 7.99. The number of rotatable bonds is 3. The number of nitrogen functional groups attached to an aromatic ring is 1. The smallest absolute Gasteiger partial charge is 0.188 e. The van der Waals surface area contributed by atoms with Crippen molar-refractivity contribution in [3.63, 3.8) is 0 Å². The van der Waals surface area contributed by atoms with E-state index in [1.807, 2.05) is 30.3 Å². The van der Waals surface area contributed by atoms with Crippen LogP contribution in [0.15, 0.2) is 47.9 Å². The molecule has 1 atom stereocenters. The van der Waals surface area contributed by atoms with Gasteiger partial charge in [0, 0.05) is 23.3 Å². The van der Waals surface area contributed by atoms with Gasteiger partial charge in [-0.1, -0.05) is 23.9 Å². The van der Waals surface area contributed by atoms with Crippen LogP contribution in [0.1, 0.15) is 17.7 Å². The third-order valence-electron chi connectivity index (χ3n) is 2.23. The molecule has 0 amide bonds. The van der Waals surface area contributed by atoms with Crippen molar-refractivity contribution in [3.05, 3.63) is 48.3 Å². The van der Waals surface area contributed by atoms with Gasteiger partial charge in [0.1, 0.15) is 0 Å². The van der Waals surface area contributed by atoms with Crippen molar-refractivity contribution in [2.24, 2.45) is 0 Å². The Labute approximate surface area is 99.1 Å². The topological polar surface area (TPSA) is 51.8 Å². The van der Waals surface area contributed by atoms with Crippen LogP contribution < -0.4 is 5.73 Å². The van der Waals surface area contributed by atoms with E-state index in [1.54, 1.807) is 24.2 Å². The Hall–Kier alpha value is -1.55. The SMILES string of the molecule is CC(Sc1ncccn1)c1ccc(N)cc1. The molecule has 16 heavy (non-hydrogen) atoms. The molecule has 2 rings (SSSR count). The minimum Gasteiger partial charge on any atom is -0.399 e. The number of aromatic nitrogens is 2. The lowest BCUT2D eigenvalue weighted by atomic mass is 10.1. The van der Waals surface area contributed by atoms with Crippen molar-refractivity contribution in [1.29, 1.82) is 0 Å². The van der Waals surface area contributed by atoms with Crippen molar-refractivity contribution >= 4 is 17.4 Å². The Morgan fingerprint density at radius 2 is 1.75 bits per heavy atom. The summed E-state index contributed by atoms with van der Waals surface area (Å²) in [6, 6.07) is 9.72. The van der Waals surface area contributed by atoms with Gasteiger partial charge in [-0.05, 0) is 30.7 Å². The number of hydrogen-bond donors (Lipinski definition) is 1. The van der Waals surface area contributed by atoms with E-state index < -0.39 is 0 Å². The Morgan fingerprint density at radius 1 is 1.12 bits per heavy atom. The predicted octanol–water partition coefficient (Wildman–Crippen LogP) is 2.91. The molecule has 0 aliphatic rings. The summed E-state index contributed by atoms with van der Waals surface area (Å²) in [5, 5.41) is 1.12. The maximum Gasteiger partial charge on any atom is 0.188 e. The van der Waals surface area contributed by atoms with Gasteiger partial charge < -0.3 is 5.73 Å². The molecule has 1 unspecified atom stereocenters. The highest BCUT2D eigenvalue weighted by Gasteiger charge is 2.08. The minimum atomic E-state index is 0.322. The van der Waals surface area contributed by atoms with E-state index in [2.05, 4.69) is 16.9 Å². The number of nitrogens with zero attached hydrogens (tertiary/aromatic N) is 2. The Kier molecular flexibility index (Phi) is 3.41. The van der Waals surface area contributed by atoms with E-state index in [9.17, 15) is 0 Å². The number of anilines is 1. The second-order valence-corrected chi connectivity index (χ2v) is 4.77. The van der Waals surface area contributed by atoms with Crippen LogP contribution in [0.2, 0.25) is 0 Å². The van der Waals surface area contributed by atoms with Gasteiger partial charge in [-0.15, -0.1) is 0 Å². The summed E-state index contributed by atoms with van der Waals surface area (Å²) in [6.07, 6.45) is 3.51. The monoisotopic (exact) mass is 231 g/mol. The van der Waals surface area contributed by atoms with Gasteiger partial charge >= 0.3 is 0 Å². The predicted molar refractivity (Wildman–Crippen MR) is 67.2 cm³/mol. The van der Waals surface area contributed by atoms with Crippen LogP contribution in [0.4, 0.5) is 5.69 Å². The average molecular weight is 231 g/mol. The summed E-state index contributed by atoms with van der Waals surface area (Å²) in [4.78, 5) is 8.38. The van der Waals surface area contributed by atoms with Crippen molar-refractivity contribution in [2.75, 3.05) is 5.73 Å². The summed E-state index contributed by atoms with van der Waals surface area (Å²) in [5.41, 5.74) is 7.67. The molecule has 0 saturated carbocycles. The van der Waals surface area contributed by atoms with Crippen LogP contribution >= 0.6 is 11.8 Å². The van der Waals surface area contributed by atoms with Crippen LogP contribution in [0.5, 0.6) is 0 Å². The van der Waals surface area contributed by atoms with Crippen LogP contribution in [0, 0.1) is 0 Å². The van der Waals surface area contributed by atoms with Gasteiger partial charge in [0.2, 0.25) is 0 Å². The van der Waals surface area contributed by atoms with E-state index >= 15 is 0 Å². The standard InChI is InChI=1S/C12H13N3S/c1-9(10-3-5-11(13)6-4-10)16-12-14-7-2-8-15-12/h2-9H,13H2,1H3. The molecule has 0 fully saturated rings. The first-order valence-electron chi connectivity index (χ1n) is 5.05. The molecule has 0 saturated heterocycles. The van der Waals surface area contributed by atoms with E-state index in [1.165, 1.54) is 5.56 Å². The van der Waals surface area contributed by atoms with Gasteiger partial charge in [0.15, 0.2) is 5.16 Å². The van der Waals surface area contributed by atoms with Crippen molar-refractivity contribution in [1.82, 2.24) is 9.97 Å². The molecular weight excluding hydrogens is 218 g/mol. The molecule has 1 aromatic heterocycles. The van der Waals surface area contributed by atoms with Gasteiger partial charge in [-0.3, -0.25) is 0 Å². The average Bonchev–Trinajstić information content (AvgIpc) is 2.31. The molecule has 0 spiro atoms. The number of benzene rings is 1. The fourth-order valence-electron chi connectivity index (χ4n) is 1.34. The van der Waals surface area contributed by atoms with Gasteiger partial charge in [0.05, 0.1) is 0 Å². The van der Waals surface area contributed by atoms with Crippen molar-refractivity contribution < 1.29 is 0 Å². The van der Waals surface area contributed by atoms with Gasteiger partial charge in [-0.2, -0.15) is 0 Å². The summed E-state index contributed by atoms with van der Waals surface area (Å²) in [5.74, 6) is 0. The zero-order chi connectivity index (χ0) is 11.4. The quantitative estimate of drug-likeness (QED) is 0.501. The Morgan fingerprint density at radius 3 is 2.38 bits per heavy atom. The maximum absolute atomic E-state index is 5.65.